The zero-order valence-electron chi connectivity index (χ0n) is 10.6. The quantitative estimate of drug-likeness (QED) is 0.875. The Morgan fingerprint density at radius 1 is 1.05 bits per heavy atom. The Kier molecular flexibility index (Phi) is 3.76. The minimum absolute atomic E-state index is 0.0141. The van der Waals surface area contributed by atoms with E-state index in [1.54, 1.807) is 25.1 Å². The molecule has 0 aliphatic rings. The van der Waals surface area contributed by atoms with Crippen molar-refractivity contribution in [2.75, 3.05) is 0 Å². The molecule has 0 fully saturated rings. The van der Waals surface area contributed by atoms with E-state index in [-0.39, 0.29) is 16.2 Å². The molecule has 2 aromatic rings. The first-order chi connectivity index (χ1) is 9.42. The smallest absolute Gasteiger partial charge is 0.339 e. The molecule has 0 amide bonds. The van der Waals surface area contributed by atoms with Crippen LogP contribution in [-0.4, -0.2) is 19.5 Å². The van der Waals surface area contributed by atoms with E-state index in [4.69, 9.17) is 9.29 Å². The Morgan fingerprint density at radius 3 is 2.30 bits per heavy atom. The zero-order chi connectivity index (χ0) is 14.8. The maximum Gasteiger partial charge on any atom is 0.339 e. The Morgan fingerprint density at radius 2 is 1.65 bits per heavy atom. The molecule has 0 aliphatic carbocycles. The zero-order valence-corrected chi connectivity index (χ0v) is 11.4. The van der Waals surface area contributed by atoms with Crippen molar-refractivity contribution >= 4 is 16.1 Å². The Bertz CT molecular complexity index is 750. The van der Waals surface area contributed by atoms with Gasteiger partial charge in [0.1, 0.15) is 10.5 Å². The fourth-order valence-corrected chi connectivity index (χ4v) is 2.90. The van der Waals surface area contributed by atoms with E-state index in [9.17, 15) is 13.2 Å². The summed E-state index contributed by atoms with van der Waals surface area (Å²) in [5.74, 6) is -1.45. The molecule has 2 rings (SSSR count). The van der Waals surface area contributed by atoms with Crippen LogP contribution in [0.5, 0.6) is 5.75 Å². The van der Waals surface area contributed by atoms with Crippen LogP contribution in [0.15, 0.2) is 53.4 Å². The van der Waals surface area contributed by atoms with Crippen molar-refractivity contribution in [3.8, 4) is 5.75 Å². The standard InChI is InChI=1S/C14H12O5S/c1-10-6-2-5-9-13(10)20(17,18)19-12-8-4-3-7-11(12)14(15)16/h2-9H,1H3,(H,15,16). The molecule has 5 nitrogen and oxygen atoms in total. The molecule has 0 aliphatic heterocycles. The Hall–Kier alpha value is -2.34. The highest BCUT2D eigenvalue weighted by Gasteiger charge is 2.21. The summed E-state index contributed by atoms with van der Waals surface area (Å²) < 4.78 is 29.3. The Balaban J connectivity index is 2.45. The van der Waals surface area contributed by atoms with E-state index in [1.807, 2.05) is 0 Å². The summed E-state index contributed by atoms with van der Waals surface area (Å²) in [6.07, 6.45) is 0. The first-order valence-electron chi connectivity index (χ1n) is 5.74. The van der Waals surface area contributed by atoms with Crippen LogP contribution in [0.25, 0.3) is 0 Å². The van der Waals surface area contributed by atoms with E-state index in [0.29, 0.717) is 5.56 Å². The summed E-state index contributed by atoms with van der Waals surface area (Å²) >= 11 is 0. The normalized spacial score (nSPS) is 11.1. The van der Waals surface area contributed by atoms with Gasteiger partial charge in [0, 0.05) is 0 Å². The van der Waals surface area contributed by atoms with Gasteiger partial charge in [0.05, 0.1) is 0 Å². The highest BCUT2D eigenvalue weighted by molar-refractivity contribution is 7.87. The predicted octanol–water partition coefficient (Wildman–Crippen LogP) is 2.46. The minimum atomic E-state index is -4.06. The van der Waals surface area contributed by atoms with Crippen LogP contribution in [0, 0.1) is 6.92 Å². The number of carboxylic acids is 1. The van der Waals surface area contributed by atoms with Gasteiger partial charge in [0.25, 0.3) is 0 Å². The average molecular weight is 292 g/mol. The van der Waals surface area contributed by atoms with Crippen molar-refractivity contribution in [3.63, 3.8) is 0 Å². The lowest BCUT2D eigenvalue weighted by Gasteiger charge is -2.10. The van der Waals surface area contributed by atoms with Crippen LogP contribution in [0.3, 0.4) is 0 Å². The molecule has 0 heterocycles. The number of aromatic carboxylic acids is 1. The Labute approximate surface area is 116 Å². The maximum atomic E-state index is 12.2. The molecule has 0 saturated carbocycles. The fourth-order valence-electron chi connectivity index (χ4n) is 1.72. The molecule has 0 radical (unpaired) electrons. The molecule has 0 atom stereocenters. The van der Waals surface area contributed by atoms with Gasteiger partial charge in [-0.25, -0.2) is 4.79 Å². The van der Waals surface area contributed by atoms with Gasteiger partial charge in [-0.1, -0.05) is 30.3 Å². The summed E-state index contributed by atoms with van der Waals surface area (Å²) in [6.45, 7) is 1.64. The van der Waals surface area contributed by atoms with E-state index in [2.05, 4.69) is 0 Å². The van der Waals surface area contributed by atoms with Gasteiger partial charge < -0.3 is 9.29 Å². The summed E-state index contributed by atoms with van der Waals surface area (Å²) in [4.78, 5) is 11.1. The van der Waals surface area contributed by atoms with Crippen LogP contribution in [0.2, 0.25) is 0 Å². The largest absolute Gasteiger partial charge is 0.478 e. The second kappa shape index (κ2) is 5.34. The molecule has 0 saturated heterocycles. The molecule has 0 spiro atoms. The lowest BCUT2D eigenvalue weighted by atomic mass is 10.2. The van der Waals surface area contributed by atoms with Gasteiger partial charge >= 0.3 is 16.1 Å². The first-order valence-corrected chi connectivity index (χ1v) is 7.15. The molecule has 0 unspecified atom stereocenters. The van der Waals surface area contributed by atoms with Gasteiger partial charge in [-0.2, -0.15) is 8.42 Å². The van der Waals surface area contributed by atoms with Crippen molar-refractivity contribution in [2.24, 2.45) is 0 Å². The van der Waals surface area contributed by atoms with E-state index in [1.165, 1.54) is 30.3 Å². The molecule has 2 aromatic carbocycles. The number of hydrogen-bond acceptors (Lipinski definition) is 4. The molecule has 0 aromatic heterocycles. The number of carbonyl (C=O) groups is 1. The fraction of sp³-hybridized carbons (Fsp3) is 0.0714. The SMILES string of the molecule is Cc1ccccc1S(=O)(=O)Oc1ccccc1C(=O)O. The molecule has 1 N–H and O–H groups in total. The minimum Gasteiger partial charge on any atom is -0.478 e. The number of aryl methyl sites for hydroxylation is 1. The van der Waals surface area contributed by atoms with Crippen molar-refractivity contribution in [3.05, 3.63) is 59.7 Å². The topological polar surface area (TPSA) is 80.7 Å². The van der Waals surface area contributed by atoms with Crippen molar-refractivity contribution in [1.82, 2.24) is 0 Å². The molecule has 0 bridgehead atoms. The second-order valence-electron chi connectivity index (χ2n) is 4.10. The second-order valence-corrected chi connectivity index (χ2v) is 5.62. The third-order valence-electron chi connectivity index (χ3n) is 2.68. The lowest BCUT2D eigenvalue weighted by Crippen LogP contribution is -2.13. The summed E-state index contributed by atoms with van der Waals surface area (Å²) in [7, 11) is -4.06. The summed E-state index contributed by atoms with van der Waals surface area (Å²) in [6, 6.07) is 11.9. The maximum absolute atomic E-state index is 12.2. The molecular weight excluding hydrogens is 280 g/mol. The first kappa shape index (κ1) is 14.1. The van der Waals surface area contributed by atoms with Crippen LogP contribution >= 0.6 is 0 Å². The van der Waals surface area contributed by atoms with Crippen LogP contribution in [0.1, 0.15) is 15.9 Å². The van der Waals surface area contributed by atoms with E-state index in [0.717, 1.165) is 0 Å². The average Bonchev–Trinajstić information content (AvgIpc) is 2.39. The van der Waals surface area contributed by atoms with Crippen molar-refractivity contribution in [1.29, 1.82) is 0 Å². The number of hydrogen-bond donors (Lipinski definition) is 1. The monoisotopic (exact) mass is 292 g/mol. The number of carboxylic acid groups (broad SMARTS) is 1. The van der Waals surface area contributed by atoms with Crippen LogP contribution < -0.4 is 4.18 Å². The lowest BCUT2D eigenvalue weighted by molar-refractivity contribution is 0.0695. The van der Waals surface area contributed by atoms with E-state index < -0.39 is 16.1 Å². The molecule has 6 heteroatoms. The van der Waals surface area contributed by atoms with Gasteiger partial charge in [-0.3, -0.25) is 0 Å². The summed E-state index contributed by atoms with van der Waals surface area (Å²) in [5, 5.41) is 9.01. The predicted molar refractivity (Wildman–Crippen MR) is 72.4 cm³/mol. The van der Waals surface area contributed by atoms with Gasteiger partial charge in [-0.15, -0.1) is 0 Å². The third kappa shape index (κ3) is 2.80. The van der Waals surface area contributed by atoms with Gasteiger partial charge in [-0.05, 0) is 30.7 Å². The third-order valence-corrected chi connectivity index (χ3v) is 4.08. The van der Waals surface area contributed by atoms with Crippen LogP contribution in [0.4, 0.5) is 0 Å². The number of rotatable bonds is 4. The van der Waals surface area contributed by atoms with Crippen molar-refractivity contribution in [2.45, 2.75) is 11.8 Å². The van der Waals surface area contributed by atoms with Crippen LogP contribution in [-0.2, 0) is 10.1 Å². The molecule has 104 valence electrons. The summed E-state index contributed by atoms with van der Waals surface area (Å²) in [5.41, 5.74) is 0.324. The molecular formula is C14H12O5S. The molecule has 20 heavy (non-hydrogen) atoms. The van der Waals surface area contributed by atoms with E-state index >= 15 is 0 Å². The number of para-hydroxylation sites is 1. The number of benzene rings is 2. The van der Waals surface area contributed by atoms with Gasteiger partial charge in [0.2, 0.25) is 0 Å². The highest BCUT2D eigenvalue weighted by atomic mass is 32.2. The highest BCUT2D eigenvalue weighted by Crippen LogP contribution is 2.24. The van der Waals surface area contributed by atoms with Gasteiger partial charge in [0.15, 0.2) is 5.75 Å². The van der Waals surface area contributed by atoms with Crippen molar-refractivity contribution < 1.29 is 22.5 Å².